The maximum atomic E-state index is 4.32. The van der Waals surface area contributed by atoms with Gasteiger partial charge in [-0.05, 0) is 12.8 Å². The van der Waals surface area contributed by atoms with Gasteiger partial charge in [-0.15, -0.1) is 0 Å². The van der Waals surface area contributed by atoms with Crippen molar-refractivity contribution in [3.8, 4) is 0 Å². The molecule has 0 radical (unpaired) electrons. The molecule has 1 N–H and O–H groups in total. The highest BCUT2D eigenvalue weighted by Crippen LogP contribution is 1.93. The van der Waals surface area contributed by atoms with Gasteiger partial charge in [0.05, 0.1) is 5.49 Å². The highest BCUT2D eigenvalue weighted by Gasteiger charge is 1.72. The molecular formula is C14H23NS. The minimum Gasteiger partial charge on any atom is -0.385 e. The van der Waals surface area contributed by atoms with E-state index in [9.17, 15) is 0 Å². The third-order valence-corrected chi connectivity index (χ3v) is 1.66. The van der Waals surface area contributed by atoms with Crippen LogP contribution in [0.5, 0.6) is 0 Å². The Bertz CT molecular complexity index is 195. The standard InChI is InChI=1S/C10H12.C2H5NS.C2H6/c1-2-4-6-8-10-9-7-5-3-1;1-3-2-4;1-2/h1-4,7-10H,5-6H2;2H,1H3,(H,3,4);1-2H3/b3-1-,4-2-,9-7-,10-8-;;. The second-order valence-corrected chi connectivity index (χ2v) is 2.83. The monoisotopic (exact) mass is 237 g/mol. The molecule has 0 saturated carbocycles. The van der Waals surface area contributed by atoms with Crippen LogP contribution in [0, 0.1) is 0 Å². The molecule has 0 bridgehead atoms. The zero-order valence-electron chi connectivity index (χ0n) is 10.5. The van der Waals surface area contributed by atoms with E-state index < -0.39 is 0 Å². The summed E-state index contributed by atoms with van der Waals surface area (Å²) in [6, 6.07) is 0. The molecule has 0 spiro atoms. The minimum atomic E-state index is 1.04. The van der Waals surface area contributed by atoms with Crippen LogP contribution in [0.15, 0.2) is 48.6 Å². The van der Waals surface area contributed by atoms with Crippen molar-refractivity contribution in [2.24, 2.45) is 0 Å². The second kappa shape index (κ2) is 19.4. The van der Waals surface area contributed by atoms with E-state index in [2.05, 4.69) is 66.1 Å². The van der Waals surface area contributed by atoms with Crippen LogP contribution in [-0.4, -0.2) is 12.5 Å². The predicted octanol–water partition coefficient (Wildman–Crippen LogP) is 4.19. The van der Waals surface area contributed by atoms with Crippen molar-refractivity contribution in [2.45, 2.75) is 26.7 Å². The molecule has 1 aliphatic carbocycles. The molecule has 0 unspecified atom stereocenters. The molecule has 2 heteroatoms. The molecule has 1 nitrogen and oxygen atoms in total. The Morgan fingerprint density at radius 1 is 0.875 bits per heavy atom. The third kappa shape index (κ3) is 18.6. The van der Waals surface area contributed by atoms with E-state index >= 15 is 0 Å². The van der Waals surface area contributed by atoms with E-state index in [0.717, 1.165) is 12.8 Å². The summed E-state index contributed by atoms with van der Waals surface area (Å²) in [5.41, 5.74) is 1.46. The summed E-state index contributed by atoms with van der Waals surface area (Å²) in [6.07, 6.45) is 19.0. The summed E-state index contributed by atoms with van der Waals surface area (Å²) in [7, 11) is 1.77. The summed E-state index contributed by atoms with van der Waals surface area (Å²) in [4.78, 5) is 0. The van der Waals surface area contributed by atoms with E-state index in [4.69, 9.17) is 0 Å². The van der Waals surface area contributed by atoms with Crippen LogP contribution in [0.25, 0.3) is 0 Å². The summed E-state index contributed by atoms with van der Waals surface area (Å²) >= 11 is 4.32. The maximum absolute atomic E-state index is 4.32. The molecule has 0 aromatic heterocycles. The molecule has 0 saturated heterocycles. The Morgan fingerprint density at radius 2 is 1.12 bits per heavy atom. The van der Waals surface area contributed by atoms with Crippen molar-refractivity contribution in [1.29, 1.82) is 0 Å². The van der Waals surface area contributed by atoms with Gasteiger partial charge in [-0.3, -0.25) is 0 Å². The van der Waals surface area contributed by atoms with Crippen LogP contribution in [0.4, 0.5) is 0 Å². The predicted molar refractivity (Wildman–Crippen MR) is 79.9 cm³/mol. The minimum absolute atomic E-state index is 1.04. The molecule has 0 aromatic rings. The molecule has 90 valence electrons. The van der Waals surface area contributed by atoms with Crippen molar-refractivity contribution in [2.75, 3.05) is 7.05 Å². The molecular weight excluding hydrogens is 214 g/mol. The van der Waals surface area contributed by atoms with E-state index in [1.54, 1.807) is 7.05 Å². The number of hydrogen-bond donors (Lipinski definition) is 1. The quantitative estimate of drug-likeness (QED) is 0.686. The second-order valence-electron chi connectivity index (χ2n) is 2.59. The molecule has 0 aromatic carbocycles. The largest absolute Gasteiger partial charge is 0.385 e. The van der Waals surface area contributed by atoms with Gasteiger partial charge in [0.25, 0.3) is 0 Å². The Hall–Kier alpha value is -1.15. The Morgan fingerprint density at radius 3 is 1.31 bits per heavy atom. The maximum Gasteiger partial charge on any atom is 0.0612 e. The summed E-state index contributed by atoms with van der Waals surface area (Å²) in [6.45, 7) is 4.00. The molecule has 0 amide bonds. The van der Waals surface area contributed by atoms with Gasteiger partial charge in [0, 0.05) is 7.05 Å². The Kier molecular flexibility index (Phi) is 20.9. The van der Waals surface area contributed by atoms with Crippen molar-refractivity contribution in [3.05, 3.63) is 48.6 Å². The smallest absolute Gasteiger partial charge is 0.0612 e. The molecule has 0 aliphatic heterocycles. The van der Waals surface area contributed by atoms with Crippen LogP contribution in [0.3, 0.4) is 0 Å². The number of nitrogens with one attached hydrogen (secondary N) is 1. The lowest BCUT2D eigenvalue weighted by Gasteiger charge is -1.83. The van der Waals surface area contributed by atoms with Gasteiger partial charge in [-0.2, -0.15) is 0 Å². The number of hydrogen-bond acceptors (Lipinski definition) is 1. The topological polar surface area (TPSA) is 12.0 Å². The average molecular weight is 237 g/mol. The van der Waals surface area contributed by atoms with Gasteiger partial charge in [0.2, 0.25) is 0 Å². The molecule has 1 rings (SSSR count). The van der Waals surface area contributed by atoms with Crippen molar-refractivity contribution in [1.82, 2.24) is 5.32 Å². The van der Waals surface area contributed by atoms with Crippen molar-refractivity contribution in [3.63, 3.8) is 0 Å². The summed E-state index contributed by atoms with van der Waals surface area (Å²) < 4.78 is 0. The van der Waals surface area contributed by atoms with Crippen molar-refractivity contribution >= 4 is 17.7 Å². The first kappa shape index (κ1) is 17.3. The lowest BCUT2D eigenvalue weighted by Crippen LogP contribution is -1.95. The summed E-state index contributed by atoms with van der Waals surface area (Å²) in [5.74, 6) is 0. The highest BCUT2D eigenvalue weighted by atomic mass is 32.1. The van der Waals surface area contributed by atoms with Gasteiger partial charge in [-0.25, -0.2) is 0 Å². The molecule has 16 heavy (non-hydrogen) atoms. The molecule has 0 atom stereocenters. The number of allylic oxidation sites excluding steroid dienone is 8. The first-order valence-electron chi connectivity index (χ1n) is 5.66. The lowest BCUT2D eigenvalue weighted by atomic mass is 10.2. The van der Waals surface area contributed by atoms with Crippen LogP contribution in [-0.2, 0) is 0 Å². The normalized spacial score (nSPS) is 20.7. The van der Waals surface area contributed by atoms with Gasteiger partial charge in [-0.1, -0.05) is 74.7 Å². The van der Waals surface area contributed by atoms with Gasteiger partial charge in [0.15, 0.2) is 0 Å². The van der Waals surface area contributed by atoms with Gasteiger partial charge in [0.1, 0.15) is 0 Å². The first-order valence-corrected chi connectivity index (χ1v) is 6.13. The number of rotatable bonds is 1. The van der Waals surface area contributed by atoms with E-state index in [0.29, 0.717) is 0 Å². The van der Waals surface area contributed by atoms with Crippen LogP contribution in [0.2, 0.25) is 0 Å². The van der Waals surface area contributed by atoms with Crippen molar-refractivity contribution < 1.29 is 0 Å². The fraction of sp³-hybridized carbons (Fsp3) is 0.357. The van der Waals surface area contributed by atoms with Crippen LogP contribution < -0.4 is 5.32 Å². The van der Waals surface area contributed by atoms with E-state index in [-0.39, 0.29) is 0 Å². The van der Waals surface area contributed by atoms with Gasteiger partial charge >= 0.3 is 0 Å². The van der Waals surface area contributed by atoms with Crippen LogP contribution >= 0.6 is 12.2 Å². The average Bonchev–Trinajstić information content (AvgIpc) is 2.39. The highest BCUT2D eigenvalue weighted by molar-refractivity contribution is 7.78. The summed E-state index contributed by atoms with van der Waals surface area (Å²) in [5, 5.41) is 2.62. The molecule has 0 fully saturated rings. The van der Waals surface area contributed by atoms with Gasteiger partial charge < -0.3 is 5.32 Å². The zero-order valence-corrected chi connectivity index (χ0v) is 11.3. The third-order valence-electron chi connectivity index (χ3n) is 1.43. The Labute approximate surface area is 106 Å². The fourth-order valence-corrected chi connectivity index (χ4v) is 0.786. The SMILES string of the molecule is C1=C\C/C=C\C=C/C\C=C/1.CC.CNC=S. The zero-order chi connectivity index (χ0) is 12.5. The lowest BCUT2D eigenvalue weighted by molar-refractivity contribution is 1.24. The molecule has 1 aliphatic rings. The van der Waals surface area contributed by atoms with E-state index in [1.807, 2.05) is 13.8 Å². The van der Waals surface area contributed by atoms with E-state index in [1.165, 1.54) is 5.49 Å². The number of thiocarbonyl (C=S) groups is 1. The Balaban J connectivity index is 0. The van der Waals surface area contributed by atoms with Crippen LogP contribution in [0.1, 0.15) is 26.7 Å². The molecule has 0 heterocycles. The fourth-order valence-electron chi connectivity index (χ4n) is 0.786. The first-order chi connectivity index (χ1) is 7.91.